The second-order valence-corrected chi connectivity index (χ2v) is 9.09. The van der Waals surface area contributed by atoms with Crippen LogP contribution in [-0.2, 0) is 17.8 Å². The molecule has 2 aromatic rings. The molecule has 0 radical (unpaired) electrons. The Kier molecular flexibility index (Phi) is 5.33. The van der Waals surface area contributed by atoms with Crippen molar-refractivity contribution < 1.29 is 19.1 Å². The van der Waals surface area contributed by atoms with Crippen molar-refractivity contribution in [3.8, 4) is 5.69 Å². The van der Waals surface area contributed by atoms with Crippen molar-refractivity contribution in [2.45, 2.75) is 57.2 Å². The van der Waals surface area contributed by atoms with E-state index in [0.717, 1.165) is 24.8 Å². The van der Waals surface area contributed by atoms with Crippen LogP contribution >= 0.6 is 0 Å². The number of fused-ring (bicyclic) bond motifs is 1. The molecule has 0 saturated heterocycles. The summed E-state index contributed by atoms with van der Waals surface area (Å²) in [5.74, 6) is -0.667. The Morgan fingerprint density at radius 3 is 2.47 bits per heavy atom. The van der Waals surface area contributed by atoms with E-state index in [1.807, 2.05) is 4.90 Å². The summed E-state index contributed by atoms with van der Waals surface area (Å²) in [6, 6.07) is 5.36. The van der Waals surface area contributed by atoms with Crippen LogP contribution in [0.4, 0.5) is 4.39 Å². The molecule has 0 spiro atoms. The average Bonchev–Trinajstić information content (AvgIpc) is 2.71. The SMILES string of the molecule is O=C(NC1CC(O)C1)c1c2c(cn(-c3ccc(F)cc3)c1=O)CN(C(=O)C1CCC1)CC2. The largest absolute Gasteiger partial charge is 0.393 e. The molecule has 1 aromatic carbocycles. The number of benzene rings is 1. The Hall–Kier alpha value is -3.00. The van der Waals surface area contributed by atoms with Gasteiger partial charge in [0.15, 0.2) is 0 Å². The number of amides is 2. The van der Waals surface area contributed by atoms with E-state index in [2.05, 4.69) is 5.32 Å². The molecule has 0 atom stereocenters. The molecule has 2 N–H and O–H groups in total. The zero-order valence-corrected chi connectivity index (χ0v) is 17.7. The Balaban J connectivity index is 1.53. The fraction of sp³-hybridized carbons (Fsp3) is 0.458. The number of hydrogen-bond donors (Lipinski definition) is 2. The molecule has 1 aromatic heterocycles. The maximum Gasteiger partial charge on any atom is 0.268 e. The second kappa shape index (κ2) is 8.16. The number of rotatable bonds is 4. The lowest BCUT2D eigenvalue weighted by atomic mass is 9.83. The number of nitrogens with zero attached hydrogens (tertiary/aromatic N) is 2. The third-order valence-corrected chi connectivity index (χ3v) is 6.95. The minimum Gasteiger partial charge on any atom is -0.393 e. The van der Waals surface area contributed by atoms with Crippen LogP contribution in [0.2, 0.25) is 0 Å². The summed E-state index contributed by atoms with van der Waals surface area (Å²) in [6.07, 6.45) is 5.53. The Labute approximate surface area is 184 Å². The minimum absolute atomic E-state index is 0.0731. The third-order valence-electron chi connectivity index (χ3n) is 6.95. The van der Waals surface area contributed by atoms with E-state index in [9.17, 15) is 23.9 Å². The van der Waals surface area contributed by atoms with E-state index < -0.39 is 23.4 Å². The highest BCUT2D eigenvalue weighted by atomic mass is 19.1. The number of pyridine rings is 1. The molecule has 2 heterocycles. The number of aromatic nitrogens is 1. The monoisotopic (exact) mass is 439 g/mol. The summed E-state index contributed by atoms with van der Waals surface area (Å²) in [4.78, 5) is 41.1. The van der Waals surface area contributed by atoms with Crippen molar-refractivity contribution in [2.75, 3.05) is 6.54 Å². The summed E-state index contributed by atoms with van der Waals surface area (Å²) < 4.78 is 14.8. The second-order valence-electron chi connectivity index (χ2n) is 9.09. The maximum absolute atomic E-state index is 13.4. The Morgan fingerprint density at radius 2 is 1.84 bits per heavy atom. The molecule has 0 unspecified atom stereocenters. The van der Waals surface area contributed by atoms with Crippen LogP contribution in [0.5, 0.6) is 0 Å². The van der Waals surface area contributed by atoms with Crippen LogP contribution in [0, 0.1) is 11.7 Å². The van der Waals surface area contributed by atoms with E-state index in [1.54, 1.807) is 6.20 Å². The van der Waals surface area contributed by atoms with Gasteiger partial charge in [0.2, 0.25) is 5.91 Å². The van der Waals surface area contributed by atoms with Gasteiger partial charge in [0.25, 0.3) is 11.5 Å². The molecule has 0 bridgehead atoms. The summed E-state index contributed by atoms with van der Waals surface area (Å²) in [5, 5.41) is 12.4. The van der Waals surface area contributed by atoms with Gasteiger partial charge in [-0.25, -0.2) is 4.39 Å². The smallest absolute Gasteiger partial charge is 0.268 e. The van der Waals surface area contributed by atoms with Crippen molar-refractivity contribution in [3.63, 3.8) is 0 Å². The fourth-order valence-electron chi connectivity index (χ4n) is 4.75. The van der Waals surface area contributed by atoms with Crippen molar-refractivity contribution >= 4 is 11.8 Å². The van der Waals surface area contributed by atoms with E-state index in [-0.39, 0.29) is 23.4 Å². The van der Waals surface area contributed by atoms with Crippen LogP contribution in [-0.4, -0.2) is 45.1 Å². The van der Waals surface area contributed by atoms with Gasteiger partial charge in [-0.05, 0) is 67.5 Å². The van der Waals surface area contributed by atoms with Crippen LogP contribution in [0.3, 0.4) is 0 Å². The van der Waals surface area contributed by atoms with Crippen molar-refractivity contribution in [1.82, 2.24) is 14.8 Å². The third kappa shape index (κ3) is 3.72. The van der Waals surface area contributed by atoms with Gasteiger partial charge in [0.1, 0.15) is 11.4 Å². The highest BCUT2D eigenvalue weighted by Gasteiger charge is 2.35. The molecular weight excluding hydrogens is 413 g/mol. The fourth-order valence-corrected chi connectivity index (χ4v) is 4.75. The molecule has 2 saturated carbocycles. The van der Waals surface area contributed by atoms with Crippen LogP contribution < -0.4 is 10.9 Å². The Bertz CT molecular complexity index is 1120. The number of aliphatic hydroxyl groups excluding tert-OH is 1. The Morgan fingerprint density at radius 1 is 1.12 bits per heavy atom. The van der Waals surface area contributed by atoms with Crippen molar-refractivity contribution in [2.24, 2.45) is 5.92 Å². The lowest BCUT2D eigenvalue weighted by Gasteiger charge is -2.36. The summed E-state index contributed by atoms with van der Waals surface area (Å²) in [5.41, 5.74) is 1.49. The number of carbonyl (C=O) groups excluding carboxylic acids is 2. The summed E-state index contributed by atoms with van der Waals surface area (Å²) in [7, 11) is 0. The predicted octanol–water partition coefficient (Wildman–Crippen LogP) is 1.91. The number of halogens is 1. The maximum atomic E-state index is 13.4. The first-order chi connectivity index (χ1) is 15.4. The predicted molar refractivity (Wildman–Crippen MR) is 115 cm³/mol. The number of hydrogen-bond acceptors (Lipinski definition) is 4. The molecule has 7 nitrogen and oxygen atoms in total. The van der Waals surface area contributed by atoms with Gasteiger partial charge in [-0.2, -0.15) is 0 Å². The van der Waals surface area contributed by atoms with E-state index in [1.165, 1.54) is 28.8 Å². The topological polar surface area (TPSA) is 91.6 Å². The molecule has 2 amide bonds. The van der Waals surface area contributed by atoms with Gasteiger partial charge in [-0.1, -0.05) is 6.42 Å². The van der Waals surface area contributed by atoms with Gasteiger partial charge in [0, 0.05) is 36.9 Å². The summed E-state index contributed by atoms with van der Waals surface area (Å²) in [6.45, 7) is 0.819. The number of nitrogens with one attached hydrogen (secondary N) is 1. The lowest BCUT2D eigenvalue weighted by molar-refractivity contribution is -0.139. The first kappa shape index (κ1) is 20.9. The highest BCUT2D eigenvalue weighted by molar-refractivity contribution is 5.96. The lowest BCUT2D eigenvalue weighted by Crippen LogP contribution is -2.49. The highest BCUT2D eigenvalue weighted by Crippen LogP contribution is 2.31. The van der Waals surface area contributed by atoms with Gasteiger partial charge >= 0.3 is 0 Å². The standard InChI is InChI=1S/C24H26FN3O4/c25-16-4-6-18(7-5-16)28-13-15-12-27(23(31)14-2-1-3-14)9-8-20(15)21(24(28)32)22(30)26-17-10-19(29)11-17/h4-7,13-14,17,19,29H,1-3,8-12H2,(H,26,30). The van der Waals surface area contributed by atoms with E-state index in [0.29, 0.717) is 43.6 Å². The molecule has 5 rings (SSSR count). The van der Waals surface area contributed by atoms with E-state index >= 15 is 0 Å². The van der Waals surface area contributed by atoms with E-state index in [4.69, 9.17) is 0 Å². The minimum atomic E-state index is -0.466. The average molecular weight is 439 g/mol. The number of carbonyl (C=O) groups is 2. The van der Waals surface area contributed by atoms with Crippen LogP contribution in [0.25, 0.3) is 5.69 Å². The molecular formula is C24H26FN3O4. The van der Waals surface area contributed by atoms with Crippen molar-refractivity contribution in [3.05, 3.63) is 63.3 Å². The molecule has 2 fully saturated rings. The van der Waals surface area contributed by atoms with Gasteiger partial charge in [-0.15, -0.1) is 0 Å². The molecule has 1 aliphatic heterocycles. The number of aliphatic hydroxyl groups is 1. The van der Waals surface area contributed by atoms with Crippen LogP contribution in [0.15, 0.2) is 35.3 Å². The molecule has 32 heavy (non-hydrogen) atoms. The zero-order chi connectivity index (χ0) is 22.4. The normalized spacial score (nSPS) is 22.5. The molecule has 168 valence electrons. The van der Waals surface area contributed by atoms with Gasteiger partial charge < -0.3 is 15.3 Å². The quantitative estimate of drug-likeness (QED) is 0.762. The molecule has 3 aliphatic rings. The van der Waals surface area contributed by atoms with Crippen molar-refractivity contribution in [1.29, 1.82) is 0 Å². The molecule has 8 heteroatoms. The summed E-state index contributed by atoms with van der Waals surface area (Å²) >= 11 is 0. The zero-order valence-electron chi connectivity index (χ0n) is 17.7. The first-order valence-electron chi connectivity index (χ1n) is 11.2. The first-order valence-corrected chi connectivity index (χ1v) is 11.2. The van der Waals surface area contributed by atoms with Gasteiger partial charge in [0.05, 0.1) is 6.10 Å². The molecule has 2 aliphatic carbocycles. The van der Waals surface area contributed by atoms with Gasteiger partial charge in [-0.3, -0.25) is 19.0 Å². The van der Waals surface area contributed by atoms with Crippen LogP contribution in [0.1, 0.15) is 53.6 Å².